The molecule has 4 heteroatoms. The van der Waals surface area contributed by atoms with Crippen LogP contribution in [0.2, 0.25) is 0 Å². The van der Waals surface area contributed by atoms with Gasteiger partial charge in [-0.3, -0.25) is 0 Å². The van der Waals surface area contributed by atoms with Gasteiger partial charge in [0.1, 0.15) is 11.5 Å². The second kappa shape index (κ2) is 6.89. The molecule has 2 aromatic rings. The van der Waals surface area contributed by atoms with Crippen molar-refractivity contribution in [3.8, 4) is 23.0 Å². The molecule has 0 aliphatic carbocycles. The quantitative estimate of drug-likeness (QED) is 0.910. The Hall–Kier alpha value is -2.62. The highest BCUT2D eigenvalue weighted by atomic mass is 16.5. The SMILES string of the molecule is C/C=C(/c1cc(OC)cc(OC)c1)c1ccc(OC)c(O)c1. The maximum atomic E-state index is 9.98. The predicted molar refractivity (Wildman–Crippen MR) is 87.0 cm³/mol. The molecule has 0 unspecified atom stereocenters. The minimum Gasteiger partial charge on any atom is -0.504 e. The van der Waals surface area contributed by atoms with E-state index in [2.05, 4.69) is 0 Å². The molecule has 2 rings (SSSR count). The van der Waals surface area contributed by atoms with Crippen molar-refractivity contribution in [1.82, 2.24) is 0 Å². The predicted octanol–water partition coefficient (Wildman–Crippen LogP) is 3.87. The van der Waals surface area contributed by atoms with Crippen LogP contribution in [0.25, 0.3) is 5.57 Å². The van der Waals surface area contributed by atoms with Crippen molar-refractivity contribution in [2.75, 3.05) is 21.3 Å². The Morgan fingerprint density at radius 3 is 1.95 bits per heavy atom. The van der Waals surface area contributed by atoms with Gasteiger partial charge in [0, 0.05) is 6.07 Å². The average Bonchev–Trinajstić information content (AvgIpc) is 2.55. The van der Waals surface area contributed by atoms with Crippen LogP contribution in [0.5, 0.6) is 23.0 Å². The van der Waals surface area contributed by atoms with E-state index in [1.54, 1.807) is 26.4 Å². The van der Waals surface area contributed by atoms with E-state index >= 15 is 0 Å². The summed E-state index contributed by atoms with van der Waals surface area (Å²) < 4.78 is 15.7. The van der Waals surface area contributed by atoms with Crippen LogP contribution in [0.15, 0.2) is 42.5 Å². The van der Waals surface area contributed by atoms with Gasteiger partial charge in [-0.1, -0.05) is 12.1 Å². The fourth-order valence-corrected chi connectivity index (χ4v) is 2.32. The summed E-state index contributed by atoms with van der Waals surface area (Å²) >= 11 is 0. The Kier molecular flexibility index (Phi) is 4.94. The van der Waals surface area contributed by atoms with Crippen LogP contribution in [0, 0.1) is 0 Å². The normalized spacial score (nSPS) is 11.2. The van der Waals surface area contributed by atoms with Crippen LogP contribution in [0.4, 0.5) is 0 Å². The Labute approximate surface area is 130 Å². The van der Waals surface area contributed by atoms with E-state index in [9.17, 15) is 5.11 Å². The van der Waals surface area contributed by atoms with Gasteiger partial charge in [-0.15, -0.1) is 0 Å². The number of rotatable bonds is 5. The van der Waals surface area contributed by atoms with Crippen LogP contribution < -0.4 is 14.2 Å². The standard InChI is InChI=1S/C18H20O4/c1-5-16(12-6-7-18(22-4)17(19)10-12)13-8-14(20-2)11-15(9-13)21-3/h5-11,19H,1-4H3/b16-5+. The Morgan fingerprint density at radius 2 is 1.50 bits per heavy atom. The molecule has 4 nitrogen and oxygen atoms in total. The lowest BCUT2D eigenvalue weighted by Gasteiger charge is -2.13. The van der Waals surface area contributed by atoms with Crippen LogP contribution in [-0.4, -0.2) is 26.4 Å². The van der Waals surface area contributed by atoms with Gasteiger partial charge in [0.25, 0.3) is 0 Å². The summed E-state index contributed by atoms with van der Waals surface area (Å²) in [6.07, 6.45) is 1.98. The number of methoxy groups -OCH3 is 3. The van der Waals surface area contributed by atoms with Crippen LogP contribution in [0.3, 0.4) is 0 Å². The number of phenolic OH excluding ortho intramolecular Hbond substituents is 1. The van der Waals surface area contributed by atoms with E-state index in [0.717, 1.165) is 16.7 Å². The van der Waals surface area contributed by atoms with Crippen molar-refractivity contribution in [3.05, 3.63) is 53.6 Å². The van der Waals surface area contributed by atoms with Gasteiger partial charge < -0.3 is 19.3 Å². The van der Waals surface area contributed by atoms with Gasteiger partial charge in [0.15, 0.2) is 11.5 Å². The minimum absolute atomic E-state index is 0.106. The number of hydrogen-bond donors (Lipinski definition) is 1. The summed E-state index contributed by atoms with van der Waals surface area (Å²) in [6.45, 7) is 1.95. The molecular formula is C18H20O4. The van der Waals surface area contributed by atoms with Crippen LogP contribution in [0.1, 0.15) is 18.1 Å². The van der Waals surface area contributed by atoms with E-state index in [0.29, 0.717) is 17.2 Å². The van der Waals surface area contributed by atoms with Crippen LogP contribution >= 0.6 is 0 Å². The summed E-state index contributed by atoms with van der Waals surface area (Å²) in [7, 11) is 4.76. The van der Waals surface area contributed by atoms with E-state index in [1.807, 2.05) is 37.3 Å². The second-order valence-corrected chi connectivity index (χ2v) is 4.69. The van der Waals surface area contributed by atoms with Crippen molar-refractivity contribution in [3.63, 3.8) is 0 Å². The van der Waals surface area contributed by atoms with Crippen molar-refractivity contribution in [2.24, 2.45) is 0 Å². The van der Waals surface area contributed by atoms with Crippen molar-refractivity contribution < 1.29 is 19.3 Å². The molecule has 0 spiro atoms. The molecule has 0 saturated carbocycles. The zero-order chi connectivity index (χ0) is 16.1. The third-order valence-electron chi connectivity index (χ3n) is 3.44. The van der Waals surface area contributed by atoms with Crippen molar-refractivity contribution >= 4 is 5.57 Å². The fraction of sp³-hybridized carbons (Fsp3) is 0.222. The Morgan fingerprint density at radius 1 is 0.864 bits per heavy atom. The molecule has 1 N–H and O–H groups in total. The number of allylic oxidation sites excluding steroid dienone is 1. The highest BCUT2D eigenvalue weighted by Crippen LogP contribution is 2.34. The molecule has 2 aromatic carbocycles. The molecular weight excluding hydrogens is 280 g/mol. The highest BCUT2D eigenvalue weighted by Gasteiger charge is 2.11. The van der Waals surface area contributed by atoms with Crippen molar-refractivity contribution in [1.29, 1.82) is 0 Å². The zero-order valence-corrected chi connectivity index (χ0v) is 13.2. The summed E-state index contributed by atoms with van der Waals surface area (Å²) in [5, 5.41) is 9.98. The molecule has 0 fully saturated rings. The van der Waals surface area contributed by atoms with E-state index in [4.69, 9.17) is 14.2 Å². The molecule has 0 heterocycles. The third-order valence-corrected chi connectivity index (χ3v) is 3.44. The van der Waals surface area contributed by atoms with Crippen LogP contribution in [-0.2, 0) is 0 Å². The Balaban J connectivity index is 2.51. The second-order valence-electron chi connectivity index (χ2n) is 4.69. The minimum atomic E-state index is 0.106. The van der Waals surface area contributed by atoms with Gasteiger partial charge in [0.05, 0.1) is 21.3 Å². The lowest BCUT2D eigenvalue weighted by Crippen LogP contribution is -1.93. The van der Waals surface area contributed by atoms with Gasteiger partial charge in [0.2, 0.25) is 0 Å². The molecule has 116 valence electrons. The Bertz CT molecular complexity index is 667. The van der Waals surface area contributed by atoms with E-state index in [-0.39, 0.29) is 5.75 Å². The smallest absolute Gasteiger partial charge is 0.160 e. The molecule has 0 aliphatic heterocycles. The fourth-order valence-electron chi connectivity index (χ4n) is 2.32. The third kappa shape index (κ3) is 3.17. The molecule has 0 aromatic heterocycles. The molecule has 0 atom stereocenters. The monoisotopic (exact) mass is 300 g/mol. The number of phenols is 1. The first kappa shape index (κ1) is 15.8. The summed E-state index contributed by atoms with van der Waals surface area (Å²) in [5.41, 5.74) is 2.80. The first-order chi connectivity index (χ1) is 10.6. The lowest BCUT2D eigenvalue weighted by molar-refractivity contribution is 0.373. The summed E-state index contributed by atoms with van der Waals surface area (Å²) in [6, 6.07) is 11.0. The zero-order valence-electron chi connectivity index (χ0n) is 13.2. The maximum Gasteiger partial charge on any atom is 0.160 e. The van der Waals surface area contributed by atoms with E-state index < -0.39 is 0 Å². The molecule has 0 saturated heterocycles. The summed E-state index contributed by atoms with van der Waals surface area (Å²) in [5.74, 6) is 1.98. The lowest BCUT2D eigenvalue weighted by atomic mass is 9.97. The van der Waals surface area contributed by atoms with Gasteiger partial charge in [-0.25, -0.2) is 0 Å². The first-order valence-corrected chi connectivity index (χ1v) is 6.90. The number of aromatic hydroxyl groups is 1. The highest BCUT2D eigenvalue weighted by molar-refractivity contribution is 5.81. The molecule has 0 radical (unpaired) electrons. The van der Waals surface area contributed by atoms with Crippen molar-refractivity contribution in [2.45, 2.75) is 6.92 Å². The molecule has 0 bridgehead atoms. The first-order valence-electron chi connectivity index (χ1n) is 6.90. The number of benzene rings is 2. The molecule has 0 amide bonds. The number of hydrogen-bond acceptors (Lipinski definition) is 4. The maximum absolute atomic E-state index is 9.98. The summed E-state index contributed by atoms with van der Waals surface area (Å²) in [4.78, 5) is 0. The molecule has 0 aliphatic rings. The van der Waals surface area contributed by atoms with E-state index in [1.165, 1.54) is 7.11 Å². The molecule has 22 heavy (non-hydrogen) atoms. The van der Waals surface area contributed by atoms with Gasteiger partial charge >= 0.3 is 0 Å². The topological polar surface area (TPSA) is 47.9 Å². The van der Waals surface area contributed by atoms with Gasteiger partial charge in [-0.2, -0.15) is 0 Å². The largest absolute Gasteiger partial charge is 0.504 e. The number of ether oxygens (including phenoxy) is 3. The average molecular weight is 300 g/mol. The van der Waals surface area contributed by atoms with Gasteiger partial charge in [-0.05, 0) is 47.9 Å².